The maximum Gasteiger partial charge on any atom is 0.126 e. The van der Waals surface area contributed by atoms with Crippen molar-refractivity contribution in [2.24, 2.45) is 0 Å². The molecule has 0 aliphatic rings. The van der Waals surface area contributed by atoms with Crippen molar-refractivity contribution in [1.29, 1.82) is 0 Å². The summed E-state index contributed by atoms with van der Waals surface area (Å²) in [5.74, 6) is 0.167. The highest BCUT2D eigenvalue weighted by Gasteiger charge is 1.94. The van der Waals surface area contributed by atoms with E-state index in [-0.39, 0.29) is 5.78 Å². The summed E-state index contributed by atoms with van der Waals surface area (Å²) in [5.41, 5.74) is 6.80. The lowest BCUT2D eigenvalue weighted by atomic mass is 10.0. The molecule has 0 unspecified atom stereocenters. The van der Waals surface area contributed by atoms with Crippen LogP contribution in [0.4, 0.5) is 0 Å². The molecule has 4 rings (SSSR count). The van der Waals surface area contributed by atoms with Crippen molar-refractivity contribution in [3.05, 3.63) is 143 Å². The van der Waals surface area contributed by atoms with Crippen LogP contribution in [0.3, 0.4) is 0 Å². The van der Waals surface area contributed by atoms with Gasteiger partial charge >= 0.3 is 0 Å². The third-order valence-electron chi connectivity index (χ3n) is 4.56. The minimum atomic E-state index is 0.167. The van der Waals surface area contributed by atoms with Gasteiger partial charge in [-0.2, -0.15) is 0 Å². The Morgan fingerprint density at radius 1 is 0.514 bits per heavy atom. The zero-order chi connectivity index (χ0) is 26.3. The molecule has 0 bridgehead atoms. The lowest BCUT2D eigenvalue weighted by Crippen LogP contribution is -1.86. The van der Waals surface area contributed by atoms with Crippen LogP contribution in [0.15, 0.2) is 115 Å². The van der Waals surface area contributed by atoms with Gasteiger partial charge in [0.1, 0.15) is 5.78 Å². The van der Waals surface area contributed by atoms with Gasteiger partial charge in [-0.25, -0.2) is 0 Å². The van der Waals surface area contributed by atoms with E-state index in [0.29, 0.717) is 0 Å². The molecular formula is C34H44O. The van der Waals surface area contributed by atoms with Crippen LogP contribution in [-0.4, -0.2) is 5.78 Å². The first kappa shape index (κ1) is 31.6. The number of aryl methyl sites for hydroxylation is 3. The lowest BCUT2D eigenvalue weighted by Gasteiger charge is -2.01. The third-order valence-corrected chi connectivity index (χ3v) is 4.56. The zero-order valence-corrected chi connectivity index (χ0v) is 22.8. The van der Waals surface area contributed by atoms with Gasteiger partial charge in [0.15, 0.2) is 0 Å². The molecule has 0 aromatic heterocycles. The first-order chi connectivity index (χ1) is 16.9. The Hall–Kier alpha value is -3.45. The first-order valence-electron chi connectivity index (χ1n) is 12.5. The van der Waals surface area contributed by atoms with E-state index >= 15 is 0 Å². The summed E-state index contributed by atoms with van der Waals surface area (Å²) in [6, 6.07) is 40.0. The summed E-state index contributed by atoms with van der Waals surface area (Å²) in [7, 11) is 0. The topological polar surface area (TPSA) is 17.1 Å². The molecule has 0 saturated heterocycles. The normalized spacial score (nSPS) is 8.77. The molecule has 0 N–H and O–H groups in total. The standard InChI is InChI=1S/C14H14.C8H10.C7H8.C3H6O.C2H6/c1-12-7-9-14(10-8-12)11-13-5-3-2-4-6-13;1-2-8-6-4-3-5-7-8;1-7-5-3-2-4-6-7;1-3(2)4;1-2/h2-10H,11H2,1H3;3-7H,2H2,1H3;2-6H,1H3;1-2H3;1-2H3. The molecule has 0 atom stereocenters. The van der Waals surface area contributed by atoms with Crippen molar-refractivity contribution in [2.45, 2.75) is 61.3 Å². The lowest BCUT2D eigenvalue weighted by molar-refractivity contribution is -0.114. The largest absolute Gasteiger partial charge is 0.300 e. The van der Waals surface area contributed by atoms with Gasteiger partial charge < -0.3 is 4.79 Å². The predicted molar refractivity (Wildman–Crippen MR) is 155 cm³/mol. The van der Waals surface area contributed by atoms with Crippen molar-refractivity contribution >= 4 is 5.78 Å². The molecule has 0 amide bonds. The molecular weight excluding hydrogens is 424 g/mol. The van der Waals surface area contributed by atoms with E-state index < -0.39 is 0 Å². The summed E-state index contributed by atoms with van der Waals surface area (Å²) >= 11 is 0. The summed E-state index contributed by atoms with van der Waals surface area (Å²) in [6.07, 6.45) is 2.17. The third kappa shape index (κ3) is 18.6. The van der Waals surface area contributed by atoms with E-state index in [4.69, 9.17) is 0 Å². The Balaban J connectivity index is 0.000000472. The first-order valence-corrected chi connectivity index (χ1v) is 12.5. The predicted octanol–water partition coefficient (Wildman–Crippen LogP) is 9.45. The molecule has 4 aromatic rings. The van der Waals surface area contributed by atoms with E-state index in [9.17, 15) is 4.79 Å². The molecule has 0 aliphatic heterocycles. The van der Waals surface area contributed by atoms with Crippen LogP contribution in [0.25, 0.3) is 0 Å². The molecule has 0 aliphatic carbocycles. The summed E-state index contributed by atoms with van der Waals surface area (Å²) in [6.45, 7) is 13.4. The van der Waals surface area contributed by atoms with Crippen molar-refractivity contribution < 1.29 is 4.79 Å². The Morgan fingerprint density at radius 2 is 0.829 bits per heavy atom. The van der Waals surface area contributed by atoms with Crippen molar-refractivity contribution in [1.82, 2.24) is 0 Å². The number of hydrogen-bond acceptors (Lipinski definition) is 1. The SMILES string of the molecule is CC.CC(C)=O.CCc1ccccc1.Cc1ccc(Cc2ccccc2)cc1.Cc1ccccc1. The molecule has 186 valence electrons. The fourth-order valence-electron chi connectivity index (χ4n) is 2.79. The highest BCUT2D eigenvalue weighted by Crippen LogP contribution is 2.09. The van der Waals surface area contributed by atoms with Gasteiger partial charge in [0, 0.05) is 0 Å². The van der Waals surface area contributed by atoms with Crippen LogP contribution in [0.1, 0.15) is 62.4 Å². The van der Waals surface area contributed by atoms with Crippen LogP contribution in [0, 0.1) is 13.8 Å². The van der Waals surface area contributed by atoms with Crippen LogP contribution in [0.2, 0.25) is 0 Å². The molecule has 0 radical (unpaired) electrons. The smallest absolute Gasteiger partial charge is 0.126 e. The summed E-state index contributed by atoms with van der Waals surface area (Å²) in [4.78, 5) is 9.44. The maximum atomic E-state index is 9.44. The Morgan fingerprint density at radius 3 is 1.14 bits per heavy atom. The number of benzene rings is 4. The number of carbonyl (C=O) groups is 1. The summed E-state index contributed by atoms with van der Waals surface area (Å²) < 4.78 is 0. The van der Waals surface area contributed by atoms with E-state index in [1.54, 1.807) is 0 Å². The van der Waals surface area contributed by atoms with Gasteiger partial charge in [-0.15, -0.1) is 0 Å². The van der Waals surface area contributed by atoms with Gasteiger partial charge in [0.2, 0.25) is 0 Å². The fraction of sp³-hybridized carbons (Fsp3) is 0.265. The second kappa shape index (κ2) is 21.1. The maximum absolute atomic E-state index is 9.44. The van der Waals surface area contributed by atoms with Crippen molar-refractivity contribution in [3.63, 3.8) is 0 Å². The van der Waals surface area contributed by atoms with Gasteiger partial charge in [-0.1, -0.05) is 147 Å². The van der Waals surface area contributed by atoms with Crippen LogP contribution >= 0.6 is 0 Å². The van der Waals surface area contributed by atoms with Gasteiger partial charge in [0.05, 0.1) is 0 Å². The fourth-order valence-corrected chi connectivity index (χ4v) is 2.79. The minimum Gasteiger partial charge on any atom is -0.300 e. The molecule has 0 spiro atoms. The molecule has 0 saturated carbocycles. The Labute approximate surface area is 214 Å². The van der Waals surface area contributed by atoms with Gasteiger partial charge in [-0.05, 0) is 57.2 Å². The number of hydrogen-bond donors (Lipinski definition) is 0. The number of carbonyl (C=O) groups excluding carboxylic acids is 1. The average Bonchev–Trinajstić information content (AvgIpc) is 2.89. The molecule has 1 nitrogen and oxygen atoms in total. The van der Waals surface area contributed by atoms with E-state index in [1.165, 1.54) is 41.7 Å². The minimum absolute atomic E-state index is 0.167. The Bertz CT molecular complexity index is 985. The number of ketones is 1. The van der Waals surface area contributed by atoms with Crippen molar-refractivity contribution in [2.75, 3.05) is 0 Å². The molecule has 35 heavy (non-hydrogen) atoms. The van der Waals surface area contributed by atoms with Gasteiger partial charge in [-0.3, -0.25) is 0 Å². The van der Waals surface area contributed by atoms with Gasteiger partial charge in [0.25, 0.3) is 0 Å². The van der Waals surface area contributed by atoms with Crippen LogP contribution in [-0.2, 0) is 17.6 Å². The van der Waals surface area contributed by atoms with Crippen LogP contribution < -0.4 is 0 Å². The van der Waals surface area contributed by atoms with E-state index in [1.807, 2.05) is 38.1 Å². The Kier molecular flexibility index (Phi) is 19.0. The highest BCUT2D eigenvalue weighted by atomic mass is 16.1. The molecule has 4 aromatic carbocycles. The monoisotopic (exact) mass is 468 g/mol. The second-order valence-electron chi connectivity index (χ2n) is 8.05. The zero-order valence-electron chi connectivity index (χ0n) is 22.8. The highest BCUT2D eigenvalue weighted by molar-refractivity contribution is 5.72. The number of rotatable bonds is 3. The quantitative estimate of drug-likeness (QED) is 0.292. The second-order valence-corrected chi connectivity index (χ2v) is 8.05. The molecule has 0 heterocycles. The molecule has 0 fully saturated rings. The van der Waals surface area contributed by atoms with E-state index in [2.05, 4.69) is 112 Å². The average molecular weight is 469 g/mol. The van der Waals surface area contributed by atoms with Crippen molar-refractivity contribution in [3.8, 4) is 0 Å². The summed E-state index contributed by atoms with van der Waals surface area (Å²) in [5, 5.41) is 0. The number of Topliss-reactive ketones (excluding diaryl/α,β-unsaturated/α-hetero) is 1. The van der Waals surface area contributed by atoms with E-state index in [0.717, 1.165) is 12.8 Å². The van der Waals surface area contributed by atoms with Crippen LogP contribution in [0.5, 0.6) is 0 Å². The molecule has 1 heteroatoms.